The molecule has 0 unspecified atom stereocenters. The molecule has 0 aliphatic carbocycles. The first-order chi connectivity index (χ1) is 10.7. The van der Waals surface area contributed by atoms with Gasteiger partial charge in [0.15, 0.2) is 0 Å². The molecule has 1 amide bonds. The highest BCUT2D eigenvalue weighted by atomic mass is 32.1. The van der Waals surface area contributed by atoms with Gasteiger partial charge in [0.25, 0.3) is 0 Å². The SMILES string of the molecule is C=CCN(Cc1cccs1)C(=O)CCOc1ccc(F)cc1. The van der Waals surface area contributed by atoms with Gasteiger partial charge in [-0.15, -0.1) is 17.9 Å². The van der Waals surface area contributed by atoms with Crippen LogP contribution >= 0.6 is 11.3 Å². The van der Waals surface area contributed by atoms with Crippen LogP contribution in [0.5, 0.6) is 5.75 Å². The van der Waals surface area contributed by atoms with Crippen LogP contribution < -0.4 is 4.74 Å². The van der Waals surface area contributed by atoms with E-state index < -0.39 is 0 Å². The summed E-state index contributed by atoms with van der Waals surface area (Å²) in [6, 6.07) is 9.73. The maximum absolute atomic E-state index is 12.8. The standard InChI is InChI=1S/C17H18FNO2S/c1-2-10-19(13-16-4-3-12-22-16)17(20)9-11-21-15-7-5-14(18)6-8-15/h2-8,12H,1,9-11,13H2. The lowest BCUT2D eigenvalue weighted by Crippen LogP contribution is -2.31. The Morgan fingerprint density at radius 1 is 1.32 bits per heavy atom. The normalized spacial score (nSPS) is 10.2. The molecule has 0 saturated carbocycles. The van der Waals surface area contributed by atoms with Crippen LogP contribution in [0.4, 0.5) is 4.39 Å². The molecule has 1 aromatic carbocycles. The summed E-state index contributed by atoms with van der Waals surface area (Å²) in [6.45, 7) is 5.05. The predicted octanol–water partition coefficient (Wildman–Crippen LogP) is 3.87. The van der Waals surface area contributed by atoms with E-state index in [1.807, 2.05) is 17.5 Å². The average Bonchev–Trinajstić information content (AvgIpc) is 3.02. The second kappa shape index (κ2) is 8.34. The summed E-state index contributed by atoms with van der Waals surface area (Å²) in [5.74, 6) is 0.259. The van der Waals surface area contributed by atoms with Gasteiger partial charge in [-0.2, -0.15) is 0 Å². The Hall–Kier alpha value is -2.14. The van der Waals surface area contributed by atoms with Crippen molar-refractivity contribution in [1.82, 2.24) is 4.90 Å². The molecule has 5 heteroatoms. The van der Waals surface area contributed by atoms with Crippen LogP contribution in [0.2, 0.25) is 0 Å². The quantitative estimate of drug-likeness (QED) is 0.691. The molecular formula is C17H18FNO2S. The molecule has 1 heterocycles. The lowest BCUT2D eigenvalue weighted by Gasteiger charge is -2.20. The van der Waals surface area contributed by atoms with E-state index in [-0.39, 0.29) is 24.8 Å². The van der Waals surface area contributed by atoms with E-state index in [4.69, 9.17) is 4.74 Å². The average molecular weight is 319 g/mol. The first kappa shape index (κ1) is 16.2. The topological polar surface area (TPSA) is 29.5 Å². The van der Waals surface area contributed by atoms with Gasteiger partial charge >= 0.3 is 0 Å². The zero-order valence-electron chi connectivity index (χ0n) is 12.2. The fourth-order valence-corrected chi connectivity index (χ4v) is 2.67. The summed E-state index contributed by atoms with van der Waals surface area (Å²) in [5.41, 5.74) is 0. The van der Waals surface area contributed by atoms with Crippen molar-refractivity contribution in [2.45, 2.75) is 13.0 Å². The molecule has 0 aliphatic rings. The second-order valence-corrected chi connectivity index (χ2v) is 5.73. The molecule has 0 atom stereocenters. The predicted molar refractivity (Wildman–Crippen MR) is 86.4 cm³/mol. The van der Waals surface area contributed by atoms with Crippen molar-refractivity contribution in [3.05, 3.63) is 65.1 Å². The molecule has 22 heavy (non-hydrogen) atoms. The van der Waals surface area contributed by atoms with Gasteiger partial charge < -0.3 is 9.64 Å². The van der Waals surface area contributed by atoms with Gasteiger partial charge in [0, 0.05) is 11.4 Å². The number of hydrogen-bond donors (Lipinski definition) is 0. The zero-order valence-corrected chi connectivity index (χ0v) is 13.0. The fraction of sp³-hybridized carbons (Fsp3) is 0.235. The first-order valence-electron chi connectivity index (χ1n) is 6.98. The first-order valence-corrected chi connectivity index (χ1v) is 7.86. The van der Waals surface area contributed by atoms with E-state index in [9.17, 15) is 9.18 Å². The molecule has 0 spiro atoms. The van der Waals surface area contributed by atoms with Crippen molar-refractivity contribution < 1.29 is 13.9 Å². The Labute approximate surface area is 133 Å². The molecule has 0 fully saturated rings. The van der Waals surface area contributed by atoms with Crippen LogP contribution in [0.1, 0.15) is 11.3 Å². The Bertz CT molecular complexity index is 596. The molecule has 1 aromatic heterocycles. The van der Waals surface area contributed by atoms with Crippen LogP contribution in [-0.2, 0) is 11.3 Å². The molecule has 2 rings (SSSR count). The monoisotopic (exact) mass is 319 g/mol. The summed E-state index contributed by atoms with van der Waals surface area (Å²) in [5, 5.41) is 1.99. The van der Waals surface area contributed by atoms with E-state index >= 15 is 0 Å². The lowest BCUT2D eigenvalue weighted by molar-refractivity contribution is -0.131. The Morgan fingerprint density at radius 2 is 2.09 bits per heavy atom. The zero-order chi connectivity index (χ0) is 15.8. The number of amides is 1. The highest BCUT2D eigenvalue weighted by Gasteiger charge is 2.13. The van der Waals surface area contributed by atoms with Gasteiger partial charge in [-0.3, -0.25) is 4.79 Å². The third-order valence-electron chi connectivity index (χ3n) is 3.03. The van der Waals surface area contributed by atoms with Crippen molar-refractivity contribution in [2.24, 2.45) is 0 Å². The lowest BCUT2D eigenvalue weighted by atomic mass is 10.3. The minimum Gasteiger partial charge on any atom is -0.493 e. The highest BCUT2D eigenvalue weighted by molar-refractivity contribution is 7.09. The van der Waals surface area contributed by atoms with Crippen molar-refractivity contribution >= 4 is 17.2 Å². The molecule has 0 aliphatic heterocycles. The van der Waals surface area contributed by atoms with E-state index in [2.05, 4.69) is 6.58 Å². The number of hydrogen-bond acceptors (Lipinski definition) is 3. The van der Waals surface area contributed by atoms with Crippen LogP contribution in [0.3, 0.4) is 0 Å². The fourth-order valence-electron chi connectivity index (χ4n) is 1.95. The van der Waals surface area contributed by atoms with Gasteiger partial charge in [0.05, 0.1) is 19.6 Å². The largest absolute Gasteiger partial charge is 0.493 e. The van der Waals surface area contributed by atoms with Gasteiger partial charge in [-0.05, 0) is 35.7 Å². The molecule has 0 saturated heterocycles. The van der Waals surface area contributed by atoms with Gasteiger partial charge in [0.1, 0.15) is 11.6 Å². The van der Waals surface area contributed by atoms with Gasteiger partial charge in [-0.25, -0.2) is 4.39 Å². The number of carbonyl (C=O) groups is 1. The van der Waals surface area contributed by atoms with Crippen LogP contribution in [-0.4, -0.2) is 24.0 Å². The van der Waals surface area contributed by atoms with Crippen LogP contribution in [0.15, 0.2) is 54.4 Å². The molecule has 0 radical (unpaired) electrons. The van der Waals surface area contributed by atoms with Crippen molar-refractivity contribution in [1.29, 1.82) is 0 Å². The number of rotatable bonds is 8. The summed E-state index contributed by atoms with van der Waals surface area (Å²) >= 11 is 1.62. The third kappa shape index (κ3) is 5.00. The van der Waals surface area contributed by atoms with E-state index in [1.165, 1.54) is 12.1 Å². The minimum absolute atomic E-state index is 0.00964. The Morgan fingerprint density at radius 3 is 2.73 bits per heavy atom. The highest BCUT2D eigenvalue weighted by Crippen LogP contribution is 2.14. The summed E-state index contributed by atoms with van der Waals surface area (Å²) < 4.78 is 18.2. The molecule has 0 bridgehead atoms. The maximum atomic E-state index is 12.8. The second-order valence-electron chi connectivity index (χ2n) is 4.69. The van der Waals surface area contributed by atoms with E-state index in [1.54, 1.807) is 34.4 Å². The molecule has 3 nitrogen and oxygen atoms in total. The Kier molecular flexibility index (Phi) is 6.15. The van der Waals surface area contributed by atoms with E-state index in [0.29, 0.717) is 18.8 Å². The molecule has 2 aromatic rings. The van der Waals surface area contributed by atoms with Crippen LogP contribution in [0.25, 0.3) is 0 Å². The van der Waals surface area contributed by atoms with E-state index in [0.717, 1.165) is 4.88 Å². The number of nitrogens with zero attached hydrogens (tertiary/aromatic N) is 1. The Balaban J connectivity index is 1.82. The number of halogens is 1. The summed E-state index contributed by atoms with van der Waals surface area (Å²) in [7, 11) is 0. The third-order valence-corrected chi connectivity index (χ3v) is 3.89. The van der Waals surface area contributed by atoms with Crippen molar-refractivity contribution in [2.75, 3.05) is 13.2 Å². The number of ether oxygens (including phenoxy) is 1. The molecular weight excluding hydrogens is 301 g/mol. The smallest absolute Gasteiger partial charge is 0.226 e. The van der Waals surface area contributed by atoms with Crippen molar-refractivity contribution in [3.8, 4) is 5.75 Å². The number of thiophene rings is 1. The number of benzene rings is 1. The van der Waals surface area contributed by atoms with Crippen LogP contribution in [0, 0.1) is 5.82 Å². The summed E-state index contributed by atoms with van der Waals surface area (Å²) in [4.78, 5) is 15.1. The summed E-state index contributed by atoms with van der Waals surface area (Å²) in [6.07, 6.45) is 1.99. The van der Waals surface area contributed by atoms with Gasteiger partial charge in [0.2, 0.25) is 5.91 Å². The minimum atomic E-state index is -0.309. The maximum Gasteiger partial charge on any atom is 0.226 e. The molecule has 0 N–H and O–H groups in total. The van der Waals surface area contributed by atoms with Gasteiger partial charge in [-0.1, -0.05) is 12.1 Å². The van der Waals surface area contributed by atoms with Crippen molar-refractivity contribution in [3.63, 3.8) is 0 Å². The number of carbonyl (C=O) groups excluding carboxylic acids is 1. The molecule has 116 valence electrons.